The average Bonchev–Trinajstić information content (AvgIpc) is 2.50. The number of nitrogens with zero attached hydrogens (tertiary/aromatic N) is 3. The number of nitro groups is 1. The first kappa shape index (κ1) is 16.8. The molecule has 1 aliphatic heterocycles. The van der Waals surface area contributed by atoms with Gasteiger partial charge in [-0.05, 0) is 38.5 Å². The Labute approximate surface area is 143 Å². The molecule has 1 atom stereocenters. The van der Waals surface area contributed by atoms with Gasteiger partial charge in [0.05, 0.1) is 22.1 Å². The molecule has 8 heteroatoms. The molecule has 0 saturated heterocycles. The number of benzene rings is 2. The highest BCUT2D eigenvalue weighted by Gasteiger charge is 2.37. The van der Waals surface area contributed by atoms with Gasteiger partial charge in [0.25, 0.3) is 17.5 Å². The van der Waals surface area contributed by atoms with E-state index in [4.69, 9.17) is 5.73 Å². The van der Waals surface area contributed by atoms with Gasteiger partial charge < -0.3 is 10.6 Å². The number of hydrogen-bond acceptors (Lipinski definition) is 6. The fraction of sp³-hybridized carbons (Fsp3) is 0.294. The number of imide groups is 1. The number of carbonyl (C=O) groups is 2. The lowest BCUT2D eigenvalue weighted by Crippen LogP contribution is -2.49. The molecule has 2 amide bonds. The molecule has 0 radical (unpaired) electrons. The van der Waals surface area contributed by atoms with Crippen molar-refractivity contribution in [3.63, 3.8) is 0 Å². The second-order valence-electron chi connectivity index (χ2n) is 6.51. The van der Waals surface area contributed by atoms with Crippen molar-refractivity contribution < 1.29 is 14.5 Å². The molecule has 0 saturated carbocycles. The van der Waals surface area contributed by atoms with E-state index in [1.807, 2.05) is 19.0 Å². The summed E-state index contributed by atoms with van der Waals surface area (Å²) in [4.78, 5) is 39.5. The maximum absolute atomic E-state index is 12.9. The van der Waals surface area contributed by atoms with E-state index >= 15 is 0 Å². The Morgan fingerprint density at radius 2 is 1.76 bits per heavy atom. The minimum absolute atomic E-state index is 0.157. The van der Waals surface area contributed by atoms with Crippen LogP contribution in [0.5, 0.6) is 0 Å². The molecule has 0 spiro atoms. The molecule has 0 aromatic heterocycles. The van der Waals surface area contributed by atoms with Crippen molar-refractivity contribution in [2.45, 2.75) is 13.0 Å². The normalized spacial score (nSPS) is 15.1. The van der Waals surface area contributed by atoms with Gasteiger partial charge >= 0.3 is 0 Å². The maximum atomic E-state index is 12.9. The van der Waals surface area contributed by atoms with Gasteiger partial charge in [-0.15, -0.1) is 0 Å². The quantitative estimate of drug-likeness (QED) is 0.393. The van der Waals surface area contributed by atoms with Gasteiger partial charge in [0, 0.05) is 29.8 Å². The Morgan fingerprint density at radius 1 is 1.16 bits per heavy atom. The predicted octanol–water partition coefficient (Wildman–Crippen LogP) is 1.88. The van der Waals surface area contributed by atoms with E-state index in [1.54, 1.807) is 6.92 Å². The van der Waals surface area contributed by atoms with Crippen molar-refractivity contribution >= 4 is 34.0 Å². The second kappa shape index (κ2) is 5.82. The van der Waals surface area contributed by atoms with Crippen LogP contribution in [0.3, 0.4) is 0 Å². The zero-order valence-corrected chi connectivity index (χ0v) is 14.1. The van der Waals surface area contributed by atoms with Crippen molar-refractivity contribution in [1.29, 1.82) is 0 Å². The third kappa shape index (κ3) is 2.70. The van der Waals surface area contributed by atoms with Crippen LogP contribution in [0.1, 0.15) is 27.6 Å². The molecule has 0 bridgehead atoms. The van der Waals surface area contributed by atoms with Gasteiger partial charge in [-0.25, -0.2) is 0 Å². The number of likely N-dealkylation sites (N-methyl/N-ethyl adjacent to an activating group) is 1. The summed E-state index contributed by atoms with van der Waals surface area (Å²) < 4.78 is 0. The molecule has 0 fully saturated rings. The van der Waals surface area contributed by atoms with Gasteiger partial charge in [-0.2, -0.15) is 0 Å². The van der Waals surface area contributed by atoms with E-state index in [0.29, 0.717) is 28.6 Å². The van der Waals surface area contributed by atoms with Crippen LogP contribution in [0.25, 0.3) is 10.8 Å². The zero-order valence-electron chi connectivity index (χ0n) is 14.1. The van der Waals surface area contributed by atoms with Crippen LogP contribution in [0.15, 0.2) is 24.3 Å². The molecule has 1 aliphatic rings. The van der Waals surface area contributed by atoms with Crippen molar-refractivity contribution in [2.75, 3.05) is 26.4 Å². The van der Waals surface area contributed by atoms with Crippen molar-refractivity contribution in [1.82, 2.24) is 9.80 Å². The van der Waals surface area contributed by atoms with Crippen LogP contribution in [0, 0.1) is 10.1 Å². The van der Waals surface area contributed by atoms with E-state index in [0.717, 1.165) is 4.90 Å². The topological polar surface area (TPSA) is 110 Å². The fourth-order valence-corrected chi connectivity index (χ4v) is 3.33. The van der Waals surface area contributed by atoms with E-state index in [9.17, 15) is 19.7 Å². The number of nitro benzene ring substituents is 1. The van der Waals surface area contributed by atoms with Crippen LogP contribution in [0.2, 0.25) is 0 Å². The SMILES string of the molecule is CC(CN(C)C)N1C(=O)c2cc(N)cc3cc([N+](=O)[O-])cc(c23)C1=O. The molecule has 0 aliphatic carbocycles. The average molecular weight is 342 g/mol. The molecule has 2 N–H and O–H groups in total. The van der Waals surface area contributed by atoms with Gasteiger partial charge in [0.1, 0.15) is 0 Å². The summed E-state index contributed by atoms with van der Waals surface area (Å²) in [6, 6.07) is 5.22. The van der Waals surface area contributed by atoms with Gasteiger partial charge in [0.15, 0.2) is 0 Å². The number of nitrogens with two attached hydrogens (primary N) is 1. The van der Waals surface area contributed by atoms with Crippen LogP contribution in [0.4, 0.5) is 11.4 Å². The monoisotopic (exact) mass is 342 g/mol. The largest absolute Gasteiger partial charge is 0.399 e. The number of amides is 2. The van der Waals surface area contributed by atoms with E-state index < -0.39 is 16.7 Å². The van der Waals surface area contributed by atoms with E-state index in [1.165, 1.54) is 24.3 Å². The lowest BCUT2D eigenvalue weighted by molar-refractivity contribution is -0.384. The summed E-state index contributed by atoms with van der Waals surface area (Å²) in [5, 5.41) is 12.0. The third-order valence-corrected chi connectivity index (χ3v) is 4.24. The molecule has 1 unspecified atom stereocenters. The summed E-state index contributed by atoms with van der Waals surface area (Å²) in [5.74, 6) is -0.955. The number of rotatable bonds is 4. The number of hydrogen-bond donors (Lipinski definition) is 1. The molecule has 2 aromatic carbocycles. The van der Waals surface area contributed by atoms with Crippen LogP contribution in [-0.4, -0.2) is 53.2 Å². The first-order chi connectivity index (χ1) is 11.7. The Balaban J connectivity index is 2.27. The summed E-state index contributed by atoms with van der Waals surface area (Å²) in [6.07, 6.45) is 0. The first-order valence-electron chi connectivity index (χ1n) is 7.75. The lowest BCUT2D eigenvalue weighted by Gasteiger charge is -2.33. The Hall–Kier alpha value is -3.00. The van der Waals surface area contributed by atoms with Crippen molar-refractivity contribution in [2.24, 2.45) is 0 Å². The van der Waals surface area contributed by atoms with Crippen LogP contribution < -0.4 is 5.73 Å². The second-order valence-corrected chi connectivity index (χ2v) is 6.51. The lowest BCUT2D eigenvalue weighted by atomic mass is 9.92. The third-order valence-electron chi connectivity index (χ3n) is 4.24. The molecule has 25 heavy (non-hydrogen) atoms. The van der Waals surface area contributed by atoms with E-state index in [-0.39, 0.29) is 17.3 Å². The highest BCUT2D eigenvalue weighted by Crippen LogP contribution is 2.35. The Morgan fingerprint density at radius 3 is 2.32 bits per heavy atom. The molecule has 1 heterocycles. The number of anilines is 1. The smallest absolute Gasteiger partial charge is 0.270 e. The predicted molar refractivity (Wildman–Crippen MR) is 93.5 cm³/mol. The molecule has 3 rings (SSSR count). The highest BCUT2D eigenvalue weighted by molar-refractivity contribution is 6.26. The molecule has 130 valence electrons. The van der Waals surface area contributed by atoms with Gasteiger partial charge in [-0.3, -0.25) is 24.6 Å². The minimum atomic E-state index is -0.559. The fourth-order valence-electron chi connectivity index (χ4n) is 3.33. The van der Waals surface area contributed by atoms with Gasteiger partial charge in [-0.1, -0.05) is 0 Å². The van der Waals surface area contributed by atoms with E-state index in [2.05, 4.69) is 0 Å². The van der Waals surface area contributed by atoms with Crippen LogP contribution >= 0.6 is 0 Å². The highest BCUT2D eigenvalue weighted by atomic mass is 16.6. The molecule has 8 nitrogen and oxygen atoms in total. The van der Waals surface area contributed by atoms with Gasteiger partial charge in [0.2, 0.25) is 0 Å². The summed E-state index contributed by atoms with van der Waals surface area (Å²) >= 11 is 0. The maximum Gasteiger partial charge on any atom is 0.270 e. The van der Waals surface area contributed by atoms with Crippen molar-refractivity contribution in [3.05, 3.63) is 45.5 Å². The summed E-state index contributed by atoms with van der Waals surface area (Å²) in [7, 11) is 3.68. The molecular formula is C17H18N4O4. The van der Waals surface area contributed by atoms with Crippen molar-refractivity contribution in [3.8, 4) is 0 Å². The first-order valence-corrected chi connectivity index (χ1v) is 7.75. The summed E-state index contributed by atoms with van der Waals surface area (Å²) in [6.45, 7) is 2.24. The Kier molecular flexibility index (Phi) is 3.92. The molecule has 2 aromatic rings. The standard InChI is InChI=1S/C17H18N4O4/c1-9(8-19(2)3)20-16(22)13-6-11(18)4-10-5-12(21(24)25)7-14(15(10)13)17(20)23/h4-7,9H,8,18H2,1-3H3. The van der Waals surface area contributed by atoms with Crippen LogP contribution in [-0.2, 0) is 0 Å². The zero-order chi connectivity index (χ0) is 18.5. The molecular weight excluding hydrogens is 324 g/mol. The number of non-ortho nitro benzene ring substituents is 1. The Bertz CT molecular complexity index is 922. The number of nitrogen functional groups attached to an aromatic ring is 1. The minimum Gasteiger partial charge on any atom is -0.399 e. The summed E-state index contributed by atoms with van der Waals surface area (Å²) in [5.41, 5.74) is 6.43. The number of carbonyl (C=O) groups excluding carboxylic acids is 2.